The monoisotopic (exact) mass is 276 g/mol. The number of carbonyl (C=O) groups is 4. The van der Waals surface area contributed by atoms with Crippen molar-refractivity contribution in [2.45, 2.75) is 12.8 Å². The number of nitrogens with two attached hydrogens (primary N) is 1. The summed E-state index contributed by atoms with van der Waals surface area (Å²) < 4.78 is 4.64. The minimum atomic E-state index is -0.747. The Kier molecular flexibility index (Phi) is 3.79. The molecule has 1 aromatic rings. The summed E-state index contributed by atoms with van der Waals surface area (Å²) in [5.41, 5.74) is 5.47. The van der Waals surface area contributed by atoms with Crippen LogP contribution in [0.2, 0.25) is 0 Å². The topological polar surface area (TPSA) is 107 Å². The maximum absolute atomic E-state index is 11.5. The molecule has 0 aliphatic carbocycles. The zero-order valence-electron chi connectivity index (χ0n) is 10.5. The second-order valence-electron chi connectivity index (χ2n) is 4.21. The van der Waals surface area contributed by atoms with Crippen LogP contribution < -0.4 is 10.6 Å². The van der Waals surface area contributed by atoms with E-state index in [0.29, 0.717) is 5.69 Å². The van der Waals surface area contributed by atoms with Gasteiger partial charge in [-0.2, -0.15) is 0 Å². The predicted octanol–water partition coefficient (Wildman–Crippen LogP) is -0.0179. The second kappa shape index (κ2) is 5.52. The van der Waals surface area contributed by atoms with Gasteiger partial charge >= 0.3 is 5.97 Å². The first-order valence-electron chi connectivity index (χ1n) is 5.90. The Morgan fingerprint density at radius 1 is 1.10 bits per heavy atom. The fraction of sp³-hybridized carbons (Fsp3) is 0.231. The van der Waals surface area contributed by atoms with Crippen LogP contribution in [0.1, 0.15) is 23.2 Å². The highest BCUT2D eigenvalue weighted by atomic mass is 16.5. The first-order chi connectivity index (χ1) is 9.49. The molecule has 0 radical (unpaired) electrons. The van der Waals surface area contributed by atoms with Crippen molar-refractivity contribution in [3.63, 3.8) is 0 Å². The lowest BCUT2D eigenvalue weighted by molar-refractivity contribution is -0.122. The van der Waals surface area contributed by atoms with Gasteiger partial charge in [-0.1, -0.05) is 0 Å². The molecule has 0 spiro atoms. The van der Waals surface area contributed by atoms with E-state index in [1.165, 1.54) is 24.3 Å². The van der Waals surface area contributed by atoms with Crippen LogP contribution in [-0.4, -0.2) is 30.3 Å². The molecule has 0 unspecified atom stereocenters. The highest BCUT2D eigenvalue weighted by Crippen LogP contribution is 2.22. The van der Waals surface area contributed by atoms with Gasteiger partial charge in [-0.3, -0.25) is 19.3 Å². The summed E-state index contributed by atoms with van der Waals surface area (Å²) in [4.78, 5) is 46.2. The number of primary amides is 1. The van der Waals surface area contributed by atoms with Crippen LogP contribution in [0.5, 0.6) is 0 Å². The summed E-state index contributed by atoms with van der Waals surface area (Å²) in [7, 11) is 0. The smallest absolute Gasteiger partial charge is 0.338 e. The lowest BCUT2D eigenvalue weighted by Gasteiger charge is -2.13. The minimum Gasteiger partial charge on any atom is -0.452 e. The van der Waals surface area contributed by atoms with E-state index in [-0.39, 0.29) is 30.2 Å². The molecule has 1 saturated heterocycles. The van der Waals surface area contributed by atoms with Crippen LogP contribution in [-0.2, 0) is 19.1 Å². The Morgan fingerprint density at radius 3 is 2.15 bits per heavy atom. The molecule has 2 rings (SSSR count). The van der Waals surface area contributed by atoms with E-state index in [9.17, 15) is 19.2 Å². The summed E-state index contributed by atoms with van der Waals surface area (Å²) in [6.45, 7) is -0.496. The second-order valence-corrected chi connectivity index (χ2v) is 4.21. The number of hydrogen-bond donors (Lipinski definition) is 1. The fourth-order valence-corrected chi connectivity index (χ4v) is 1.83. The number of esters is 1. The maximum atomic E-state index is 11.5. The van der Waals surface area contributed by atoms with E-state index in [2.05, 4.69) is 4.74 Å². The number of imide groups is 1. The van der Waals surface area contributed by atoms with Gasteiger partial charge in [0.2, 0.25) is 11.8 Å². The Balaban J connectivity index is 2.10. The molecule has 104 valence electrons. The molecule has 0 bridgehead atoms. The lowest BCUT2D eigenvalue weighted by atomic mass is 10.2. The highest BCUT2D eigenvalue weighted by Gasteiger charge is 2.30. The van der Waals surface area contributed by atoms with Gasteiger partial charge in [0.05, 0.1) is 11.3 Å². The van der Waals surface area contributed by atoms with Crippen molar-refractivity contribution in [1.82, 2.24) is 0 Å². The standard InChI is InChI=1S/C13H12N2O5/c14-10(16)7-20-13(19)8-1-3-9(4-2-8)15-11(17)5-6-12(15)18/h1-4H,5-7H2,(H2,14,16). The third-order valence-electron chi connectivity index (χ3n) is 2.76. The molecule has 7 nitrogen and oxygen atoms in total. The molecule has 0 saturated carbocycles. The molecule has 3 amide bonds. The lowest BCUT2D eigenvalue weighted by Crippen LogP contribution is -2.28. The molecular formula is C13H12N2O5. The molecule has 1 aromatic carbocycles. The maximum Gasteiger partial charge on any atom is 0.338 e. The first-order valence-corrected chi connectivity index (χ1v) is 5.90. The van der Waals surface area contributed by atoms with E-state index < -0.39 is 18.5 Å². The Bertz CT molecular complexity index is 563. The van der Waals surface area contributed by atoms with Crippen molar-refractivity contribution in [2.75, 3.05) is 11.5 Å². The molecule has 1 aliphatic rings. The van der Waals surface area contributed by atoms with Crippen molar-refractivity contribution < 1.29 is 23.9 Å². The SMILES string of the molecule is NC(=O)COC(=O)c1ccc(N2C(=O)CCC2=O)cc1. The highest BCUT2D eigenvalue weighted by molar-refractivity contribution is 6.19. The zero-order valence-corrected chi connectivity index (χ0v) is 10.5. The molecule has 1 aliphatic heterocycles. The summed E-state index contributed by atoms with van der Waals surface area (Å²) in [5.74, 6) is -1.98. The average Bonchev–Trinajstić information content (AvgIpc) is 2.76. The average molecular weight is 276 g/mol. The minimum absolute atomic E-state index is 0.196. The summed E-state index contributed by atoms with van der Waals surface area (Å²) in [5, 5.41) is 0. The molecule has 0 aromatic heterocycles. The normalized spacial score (nSPS) is 14.5. The van der Waals surface area contributed by atoms with Gasteiger partial charge in [0, 0.05) is 12.8 Å². The van der Waals surface area contributed by atoms with Gasteiger partial charge in [-0.25, -0.2) is 4.79 Å². The number of anilines is 1. The van der Waals surface area contributed by atoms with Crippen molar-refractivity contribution in [2.24, 2.45) is 5.73 Å². The number of benzene rings is 1. The molecule has 20 heavy (non-hydrogen) atoms. The fourth-order valence-electron chi connectivity index (χ4n) is 1.83. The number of rotatable bonds is 4. The van der Waals surface area contributed by atoms with Gasteiger partial charge < -0.3 is 10.5 Å². The molecule has 0 atom stereocenters. The third-order valence-corrected chi connectivity index (χ3v) is 2.76. The van der Waals surface area contributed by atoms with Crippen LogP contribution in [0.3, 0.4) is 0 Å². The summed E-state index contributed by atoms with van der Waals surface area (Å²) in [6, 6.07) is 5.78. The zero-order chi connectivity index (χ0) is 14.7. The number of carbonyl (C=O) groups excluding carboxylic acids is 4. The Hall–Kier alpha value is -2.70. The van der Waals surface area contributed by atoms with Crippen molar-refractivity contribution in [3.8, 4) is 0 Å². The predicted molar refractivity (Wildman–Crippen MR) is 67.6 cm³/mol. The third kappa shape index (κ3) is 2.82. The molecule has 7 heteroatoms. The van der Waals surface area contributed by atoms with Gasteiger partial charge in [-0.15, -0.1) is 0 Å². The number of ether oxygens (including phenoxy) is 1. The van der Waals surface area contributed by atoms with Gasteiger partial charge in [0.1, 0.15) is 0 Å². The van der Waals surface area contributed by atoms with E-state index >= 15 is 0 Å². The molecule has 2 N–H and O–H groups in total. The van der Waals surface area contributed by atoms with E-state index in [0.717, 1.165) is 4.90 Å². The first kappa shape index (κ1) is 13.7. The molecule has 1 fully saturated rings. The van der Waals surface area contributed by atoms with Crippen LogP contribution >= 0.6 is 0 Å². The van der Waals surface area contributed by atoms with Crippen molar-refractivity contribution in [3.05, 3.63) is 29.8 Å². The van der Waals surface area contributed by atoms with Crippen molar-refractivity contribution >= 4 is 29.4 Å². The largest absolute Gasteiger partial charge is 0.452 e. The van der Waals surface area contributed by atoms with Gasteiger partial charge in [-0.05, 0) is 24.3 Å². The van der Waals surface area contributed by atoms with E-state index in [1.54, 1.807) is 0 Å². The number of hydrogen-bond acceptors (Lipinski definition) is 5. The van der Waals surface area contributed by atoms with Crippen LogP contribution in [0.25, 0.3) is 0 Å². The number of nitrogens with zero attached hydrogens (tertiary/aromatic N) is 1. The summed E-state index contributed by atoms with van der Waals surface area (Å²) >= 11 is 0. The molecular weight excluding hydrogens is 264 g/mol. The van der Waals surface area contributed by atoms with Crippen LogP contribution in [0, 0.1) is 0 Å². The van der Waals surface area contributed by atoms with E-state index in [1.807, 2.05) is 0 Å². The molecule has 1 heterocycles. The quantitative estimate of drug-likeness (QED) is 0.614. The Labute approximate surface area is 114 Å². The Morgan fingerprint density at radius 2 is 1.65 bits per heavy atom. The van der Waals surface area contributed by atoms with Crippen LogP contribution in [0.15, 0.2) is 24.3 Å². The summed E-state index contributed by atoms with van der Waals surface area (Å²) in [6.07, 6.45) is 0.391. The van der Waals surface area contributed by atoms with Crippen molar-refractivity contribution in [1.29, 1.82) is 0 Å². The van der Waals surface area contributed by atoms with Gasteiger partial charge in [0.15, 0.2) is 6.61 Å². The van der Waals surface area contributed by atoms with Crippen LogP contribution in [0.4, 0.5) is 5.69 Å². The van der Waals surface area contributed by atoms with Gasteiger partial charge in [0.25, 0.3) is 5.91 Å². The number of amides is 3. The van der Waals surface area contributed by atoms with E-state index in [4.69, 9.17) is 5.73 Å².